The van der Waals surface area contributed by atoms with E-state index < -0.39 is 0 Å². The predicted molar refractivity (Wildman–Crippen MR) is 86.8 cm³/mol. The average molecular weight is 278 g/mol. The maximum atomic E-state index is 5.70. The van der Waals surface area contributed by atoms with Gasteiger partial charge in [-0.25, -0.2) is 0 Å². The number of thiocarbonyl (C=S) groups is 1. The molecule has 0 aliphatic carbocycles. The molecule has 1 rings (SSSR count). The van der Waals surface area contributed by atoms with E-state index in [1.54, 1.807) is 0 Å². The Hall–Kier alpha value is -0.890. The minimum Gasteiger partial charge on any atom is -0.450 e. The zero-order valence-corrected chi connectivity index (χ0v) is 13.0. The van der Waals surface area contributed by atoms with Gasteiger partial charge in [0, 0.05) is 5.92 Å². The van der Waals surface area contributed by atoms with E-state index in [-0.39, 0.29) is 0 Å². The summed E-state index contributed by atoms with van der Waals surface area (Å²) in [6.07, 6.45) is 9.11. The zero-order valence-electron chi connectivity index (χ0n) is 12.2. The smallest absolute Gasteiger partial charge is 0.170 e. The number of hydrogen-bond acceptors (Lipinski definition) is 2. The lowest BCUT2D eigenvalue weighted by Gasteiger charge is -2.13. The molecule has 0 amide bonds. The monoisotopic (exact) mass is 278 g/mol. The van der Waals surface area contributed by atoms with Crippen molar-refractivity contribution in [2.45, 2.75) is 58.8 Å². The quantitative estimate of drug-likeness (QED) is 0.418. The third-order valence-electron chi connectivity index (χ3n) is 3.35. The lowest BCUT2D eigenvalue weighted by atomic mass is 10.0. The Morgan fingerprint density at radius 2 is 1.68 bits per heavy atom. The predicted octanol–water partition coefficient (Wildman–Crippen LogP) is 5.78. The highest BCUT2D eigenvalue weighted by atomic mass is 32.1. The molecule has 0 fully saturated rings. The van der Waals surface area contributed by atoms with Crippen molar-refractivity contribution < 1.29 is 4.74 Å². The fourth-order valence-corrected chi connectivity index (χ4v) is 2.27. The van der Waals surface area contributed by atoms with Gasteiger partial charge in [-0.1, -0.05) is 70.6 Å². The summed E-state index contributed by atoms with van der Waals surface area (Å²) in [5.74, 6) is 1.21. The van der Waals surface area contributed by atoms with Crippen LogP contribution in [0.2, 0.25) is 0 Å². The molecule has 0 aliphatic heterocycles. The molecule has 0 saturated carbocycles. The van der Waals surface area contributed by atoms with Crippen molar-refractivity contribution in [3.8, 4) is 5.75 Å². The second-order valence-electron chi connectivity index (χ2n) is 5.19. The summed E-state index contributed by atoms with van der Waals surface area (Å²) in [7, 11) is 0. The molecule has 1 atom stereocenters. The molecule has 2 heteroatoms. The van der Waals surface area contributed by atoms with Crippen LogP contribution >= 0.6 is 12.2 Å². The van der Waals surface area contributed by atoms with E-state index >= 15 is 0 Å². The summed E-state index contributed by atoms with van der Waals surface area (Å²) >= 11 is 5.36. The van der Waals surface area contributed by atoms with E-state index in [1.807, 2.05) is 30.3 Å². The normalized spacial score (nSPS) is 12.1. The van der Waals surface area contributed by atoms with E-state index in [0.717, 1.165) is 17.2 Å². The van der Waals surface area contributed by atoms with Crippen molar-refractivity contribution >= 4 is 17.3 Å². The van der Waals surface area contributed by atoms with Crippen LogP contribution in [0, 0.1) is 5.92 Å². The first-order valence-corrected chi connectivity index (χ1v) is 7.91. The van der Waals surface area contributed by atoms with Gasteiger partial charge in [0.25, 0.3) is 0 Å². The Morgan fingerprint density at radius 1 is 1.05 bits per heavy atom. The van der Waals surface area contributed by atoms with E-state index in [9.17, 15) is 0 Å². The number of para-hydroxylation sites is 1. The molecule has 0 aliphatic rings. The first kappa shape index (κ1) is 16.2. The third-order valence-corrected chi connectivity index (χ3v) is 3.84. The van der Waals surface area contributed by atoms with Crippen molar-refractivity contribution in [1.29, 1.82) is 0 Å². The van der Waals surface area contributed by atoms with Gasteiger partial charge >= 0.3 is 0 Å². The highest BCUT2D eigenvalue weighted by Crippen LogP contribution is 2.17. The Balaban J connectivity index is 2.15. The highest BCUT2D eigenvalue weighted by molar-refractivity contribution is 7.80. The standard InChI is InChI=1S/C17H26OS/c1-3-4-5-6-7-9-12-15(2)17(19)18-16-13-10-8-11-14-16/h8,10-11,13-15H,3-7,9,12H2,1-2H3. The fraction of sp³-hybridized carbons (Fsp3) is 0.588. The van der Waals surface area contributed by atoms with Crippen LogP contribution in [0.4, 0.5) is 0 Å². The van der Waals surface area contributed by atoms with Gasteiger partial charge in [-0.2, -0.15) is 0 Å². The maximum Gasteiger partial charge on any atom is 0.170 e. The first-order chi connectivity index (χ1) is 9.24. The minimum absolute atomic E-state index is 0.362. The van der Waals surface area contributed by atoms with E-state index in [4.69, 9.17) is 17.0 Å². The summed E-state index contributed by atoms with van der Waals surface area (Å²) in [6.45, 7) is 4.42. The molecule has 0 aromatic heterocycles. The lowest BCUT2D eigenvalue weighted by Crippen LogP contribution is -2.15. The van der Waals surface area contributed by atoms with Crippen LogP contribution in [0.15, 0.2) is 30.3 Å². The van der Waals surface area contributed by atoms with Crippen molar-refractivity contribution in [1.82, 2.24) is 0 Å². The molecule has 19 heavy (non-hydrogen) atoms. The van der Waals surface area contributed by atoms with Gasteiger partial charge in [-0.3, -0.25) is 0 Å². The third kappa shape index (κ3) is 7.31. The number of rotatable bonds is 9. The van der Waals surface area contributed by atoms with E-state index in [1.165, 1.54) is 38.5 Å². The van der Waals surface area contributed by atoms with Crippen LogP contribution < -0.4 is 4.74 Å². The molecule has 0 saturated heterocycles. The molecule has 0 spiro atoms. The maximum absolute atomic E-state index is 5.70. The van der Waals surface area contributed by atoms with Crippen LogP contribution in [0.25, 0.3) is 0 Å². The molecule has 0 bridgehead atoms. The Labute approximate surface area is 123 Å². The summed E-state index contributed by atoms with van der Waals surface area (Å²) in [5, 5.41) is 0.722. The van der Waals surface area contributed by atoms with Crippen molar-refractivity contribution in [3.05, 3.63) is 30.3 Å². The number of hydrogen-bond donors (Lipinski definition) is 0. The average Bonchev–Trinajstić information content (AvgIpc) is 2.43. The second-order valence-corrected chi connectivity index (χ2v) is 5.59. The van der Waals surface area contributed by atoms with E-state index in [2.05, 4.69) is 13.8 Å². The second kappa shape index (κ2) is 9.96. The molecule has 1 aromatic carbocycles. The van der Waals surface area contributed by atoms with Crippen molar-refractivity contribution in [2.75, 3.05) is 0 Å². The lowest BCUT2D eigenvalue weighted by molar-refractivity contribution is 0.481. The van der Waals surface area contributed by atoms with Crippen LogP contribution in [0.1, 0.15) is 58.8 Å². The molecule has 1 unspecified atom stereocenters. The Bertz CT molecular complexity index is 348. The Kier molecular flexibility index (Phi) is 8.48. The molecule has 1 aromatic rings. The highest BCUT2D eigenvalue weighted by Gasteiger charge is 2.10. The molecule has 0 N–H and O–H groups in total. The van der Waals surface area contributed by atoms with Gasteiger partial charge in [-0.05, 0) is 30.8 Å². The number of ether oxygens (including phenoxy) is 1. The molecule has 1 nitrogen and oxygen atoms in total. The molecule has 0 radical (unpaired) electrons. The van der Waals surface area contributed by atoms with Gasteiger partial charge in [0.1, 0.15) is 5.75 Å². The van der Waals surface area contributed by atoms with Crippen LogP contribution in [0.5, 0.6) is 5.75 Å². The summed E-state index contributed by atoms with van der Waals surface area (Å²) < 4.78 is 5.70. The number of benzene rings is 1. The fourth-order valence-electron chi connectivity index (χ4n) is 2.05. The van der Waals surface area contributed by atoms with Crippen molar-refractivity contribution in [2.24, 2.45) is 5.92 Å². The van der Waals surface area contributed by atoms with Gasteiger partial charge in [0.15, 0.2) is 5.05 Å². The molecular formula is C17H26OS. The topological polar surface area (TPSA) is 9.23 Å². The first-order valence-electron chi connectivity index (χ1n) is 7.50. The molecular weight excluding hydrogens is 252 g/mol. The van der Waals surface area contributed by atoms with Gasteiger partial charge in [-0.15, -0.1) is 0 Å². The van der Waals surface area contributed by atoms with Crippen LogP contribution in [-0.2, 0) is 0 Å². The van der Waals surface area contributed by atoms with Gasteiger partial charge in [0.05, 0.1) is 0 Å². The molecule has 0 heterocycles. The van der Waals surface area contributed by atoms with E-state index in [0.29, 0.717) is 5.92 Å². The summed E-state index contributed by atoms with van der Waals surface area (Å²) in [6, 6.07) is 9.82. The minimum atomic E-state index is 0.362. The molecule has 106 valence electrons. The number of unbranched alkanes of at least 4 members (excludes halogenated alkanes) is 5. The Morgan fingerprint density at radius 3 is 2.37 bits per heavy atom. The van der Waals surface area contributed by atoms with Gasteiger partial charge in [0.2, 0.25) is 0 Å². The van der Waals surface area contributed by atoms with Gasteiger partial charge < -0.3 is 4.74 Å². The van der Waals surface area contributed by atoms with Crippen LogP contribution in [0.3, 0.4) is 0 Å². The SMILES string of the molecule is CCCCCCCCC(C)C(=S)Oc1ccccc1. The largest absolute Gasteiger partial charge is 0.450 e. The zero-order chi connectivity index (χ0) is 13.9. The summed E-state index contributed by atoms with van der Waals surface area (Å²) in [5.41, 5.74) is 0. The van der Waals surface area contributed by atoms with Crippen LogP contribution in [-0.4, -0.2) is 5.05 Å². The summed E-state index contributed by atoms with van der Waals surface area (Å²) in [4.78, 5) is 0. The van der Waals surface area contributed by atoms with Crippen molar-refractivity contribution in [3.63, 3.8) is 0 Å².